The van der Waals surface area contributed by atoms with Crippen molar-refractivity contribution in [1.82, 2.24) is 14.9 Å². The number of piperazine rings is 1. The molecule has 0 aliphatic carbocycles. The summed E-state index contributed by atoms with van der Waals surface area (Å²) in [6, 6.07) is 2.05. The number of hydrogen-bond acceptors (Lipinski definition) is 5. The molecule has 0 bridgehead atoms. The smallest absolute Gasteiger partial charge is 0.225 e. The van der Waals surface area contributed by atoms with Crippen LogP contribution >= 0.6 is 0 Å². The van der Waals surface area contributed by atoms with Crippen LogP contribution in [0.4, 0.5) is 5.95 Å². The molecule has 5 nitrogen and oxygen atoms in total. The van der Waals surface area contributed by atoms with Gasteiger partial charge in [-0.05, 0) is 18.9 Å². The summed E-state index contributed by atoms with van der Waals surface area (Å²) < 4.78 is 0. The molecule has 0 radical (unpaired) electrons. The highest BCUT2D eigenvalue weighted by molar-refractivity contribution is 5.33. The predicted octanol–water partition coefficient (Wildman–Crippen LogP) is 0.980. The first kappa shape index (κ1) is 13.2. The zero-order valence-corrected chi connectivity index (χ0v) is 11.4. The van der Waals surface area contributed by atoms with Gasteiger partial charge in [0.25, 0.3) is 0 Å². The molecular weight excluding hydrogens is 228 g/mol. The number of aryl methyl sites for hydroxylation is 1. The van der Waals surface area contributed by atoms with Crippen molar-refractivity contribution in [2.75, 3.05) is 37.8 Å². The van der Waals surface area contributed by atoms with Gasteiger partial charge in [-0.1, -0.05) is 13.8 Å². The molecule has 0 aromatic carbocycles. The summed E-state index contributed by atoms with van der Waals surface area (Å²) in [4.78, 5) is 13.4. The first-order chi connectivity index (χ1) is 8.60. The highest BCUT2D eigenvalue weighted by Gasteiger charge is 2.19. The van der Waals surface area contributed by atoms with E-state index in [1.807, 2.05) is 11.8 Å². The van der Waals surface area contributed by atoms with E-state index >= 15 is 0 Å². The standard InChI is InChI=1S/C13H22N4O/c1-10(2)12-8-11(3)14-13(15-12)17-6-4-16(9-18)5-7-17/h8,10,18H,4-7,9H2,1-3H3. The van der Waals surface area contributed by atoms with Gasteiger partial charge >= 0.3 is 0 Å². The van der Waals surface area contributed by atoms with Gasteiger partial charge in [-0.15, -0.1) is 0 Å². The van der Waals surface area contributed by atoms with E-state index in [4.69, 9.17) is 5.11 Å². The minimum Gasteiger partial charge on any atom is -0.381 e. The summed E-state index contributed by atoms with van der Waals surface area (Å²) in [5.74, 6) is 1.25. The number of nitrogens with zero attached hydrogens (tertiary/aromatic N) is 4. The minimum atomic E-state index is 0.139. The van der Waals surface area contributed by atoms with Gasteiger partial charge in [0.15, 0.2) is 0 Å². The Labute approximate surface area is 108 Å². The van der Waals surface area contributed by atoms with Gasteiger partial charge in [0.05, 0.1) is 6.73 Å². The molecule has 1 saturated heterocycles. The molecule has 18 heavy (non-hydrogen) atoms. The summed E-state index contributed by atoms with van der Waals surface area (Å²) in [6.45, 7) is 9.93. The fourth-order valence-corrected chi connectivity index (χ4v) is 2.10. The summed E-state index contributed by atoms with van der Waals surface area (Å²) in [5.41, 5.74) is 2.12. The van der Waals surface area contributed by atoms with E-state index in [9.17, 15) is 0 Å². The van der Waals surface area contributed by atoms with Crippen LogP contribution in [0.25, 0.3) is 0 Å². The second kappa shape index (κ2) is 5.63. The van der Waals surface area contributed by atoms with E-state index in [1.165, 1.54) is 0 Å². The van der Waals surface area contributed by atoms with Gasteiger partial charge in [-0.25, -0.2) is 9.97 Å². The van der Waals surface area contributed by atoms with Crippen LogP contribution in [0.2, 0.25) is 0 Å². The number of rotatable bonds is 3. The molecule has 1 aliphatic heterocycles. The van der Waals surface area contributed by atoms with Crippen molar-refractivity contribution < 1.29 is 5.11 Å². The van der Waals surface area contributed by atoms with Crippen LogP contribution in [0, 0.1) is 6.92 Å². The Bertz CT molecular complexity index is 400. The molecule has 1 fully saturated rings. The number of aliphatic hydroxyl groups is 1. The number of anilines is 1. The lowest BCUT2D eigenvalue weighted by molar-refractivity contribution is 0.101. The van der Waals surface area contributed by atoms with Crippen LogP contribution in [0.15, 0.2) is 6.07 Å². The lowest BCUT2D eigenvalue weighted by Crippen LogP contribution is -2.47. The molecule has 2 rings (SSSR count). The number of hydrogen-bond donors (Lipinski definition) is 1. The van der Waals surface area contributed by atoms with Crippen molar-refractivity contribution in [2.24, 2.45) is 0 Å². The molecule has 0 unspecified atom stereocenters. The van der Waals surface area contributed by atoms with Gasteiger partial charge in [0, 0.05) is 37.6 Å². The Morgan fingerprint density at radius 1 is 1.22 bits per heavy atom. The third kappa shape index (κ3) is 2.97. The van der Waals surface area contributed by atoms with Crippen molar-refractivity contribution in [1.29, 1.82) is 0 Å². The third-order valence-corrected chi connectivity index (χ3v) is 3.31. The van der Waals surface area contributed by atoms with E-state index in [0.717, 1.165) is 43.5 Å². The van der Waals surface area contributed by atoms with Crippen LogP contribution in [0.3, 0.4) is 0 Å². The monoisotopic (exact) mass is 250 g/mol. The zero-order valence-electron chi connectivity index (χ0n) is 11.4. The van der Waals surface area contributed by atoms with Crippen LogP contribution in [-0.4, -0.2) is 52.9 Å². The zero-order chi connectivity index (χ0) is 13.1. The van der Waals surface area contributed by atoms with Crippen molar-refractivity contribution in [3.8, 4) is 0 Å². The molecular formula is C13H22N4O. The van der Waals surface area contributed by atoms with Gasteiger partial charge in [0.1, 0.15) is 0 Å². The van der Waals surface area contributed by atoms with E-state index in [2.05, 4.69) is 34.8 Å². The molecule has 5 heteroatoms. The SMILES string of the molecule is Cc1cc(C(C)C)nc(N2CCN(CO)CC2)n1. The van der Waals surface area contributed by atoms with E-state index < -0.39 is 0 Å². The summed E-state index contributed by atoms with van der Waals surface area (Å²) in [7, 11) is 0. The largest absolute Gasteiger partial charge is 0.381 e. The third-order valence-electron chi connectivity index (χ3n) is 3.31. The second-order valence-electron chi connectivity index (χ2n) is 5.14. The highest BCUT2D eigenvalue weighted by Crippen LogP contribution is 2.17. The summed E-state index contributed by atoms with van der Waals surface area (Å²) >= 11 is 0. The molecule has 1 aliphatic rings. The van der Waals surface area contributed by atoms with Crippen molar-refractivity contribution in [3.05, 3.63) is 17.5 Å². The molecule has 0 saturated carbocycles. The Kier molecular flexibility index (Phi) is 4.14. The highest BCUT2D eigenvalue weighted by atomic mass is 16.3. The van der Waals surface area contributed by atoms with Crippen molar-refractivity contribution >= 4 is 5.95 Å². The molecule has 100 valence electrons. The molecule has 1 aromatic rings. The van der Waals surface area contributed by atoms with Gasteiger partial charge in [-0.2, -0.15) is 0 Å². The lowest BCUT2D eigenvalue weighted by atomic mass is 10.1. The molecule has 1 aromatic heterocycles. The quantitative estimate of drug-likeness (QED) is 0.866. The van der Waals surface area contributed by atoms with Crippen molar-refractivity contribution in [3.63, 3.8) is 0 Å². The van der Waals surface area contributed by atoms with Crippen LogP contribution in [0.1, 0.15) is 31.2 Å². The number of aromatic nitrogens is 2. The van der Waals surface area contributed by atoms with Gasteiger partial charge in [0.2, 0.25) is 5.95 Å². The Balaban J connectivity index is 2.13. The maximum atomic E-state index is 9.09. The average molecular weight is 250 g/mol. The second-order valence-corrected chi connectivity index (χ2v) is 5.14. The first-order valence-electron chi connectivity index (χ1n) is 6.54. The normalized spacial score (nSPS) is 17.5. The maximum Gasteiger partial charge on any atom is 0.225 e. The fourth-order valence-electron chi connectivity index (χ4n) is 2.10. The van der Waals surface area contributed by atoms with E-state index in [1.54, 1.807) is 0 Å². The van der Waals surface area contributed by atoms with Crippen LogP contribution < -0.4 is 4.90 Å². The van der Waals surface area contributed by atoms with E-state index in [-0.39, 0.29) is 6.73 Å². The Morgan fingerprint density at radius 3 is 2.44 bits per heavy atom. The predicted molar refractivity (Wildman–Crippen MR) is 71.7 cm³/mol. The Hall–Kier alpha value is -1.20. The molecule has 0 spiro atoms. The van der Waals surface area contributed by atoms with Gasteiger partial charge in [-0.3, -0.25) is 4.90 Å². The first-order valence-corrected chi connectivity index (χ1v) is 6.54. The van der Waals surface area contributed by atoms with Crippen LogP contribution in [0.5, 0.6) is 0 Å². The summed E-state index contributed by atoms with van der Waals surface area (Å²) in [5, 5.41) is 9.09. The van der Waals surface area contributed by atoms with Crippen LogP contribution in [-0.2, 0) is 0 Å². The lowest BCUT2D eigenvalue weighted by Gasteiger charge is -2.33. The fraction of sp³-hybridized carbons (Fsp3) is 0.692. The topological polar surface area (TPSA) is 52.5 Å². The number of aliphatic hydroxyl groups excluding tert-OH is 1. The summed E-state index contributed by atoms with van der Waals surface area (Å²) in [6.07, 6.45) is 0. The molecule has 0 atom stereocenters. The van der Waals surface area contributed by atoms with E-state index in [0.29, 0.717) is 5.92 Å². The molecule has 2 heterocycles. The van der Waals surface area contributed by atoms with Crippen molar-refractivity contribution in [2.45, 2.75) is 26.7 Å². The average Bonchev–Trinajstić information content (AvgIpc) is 2.38. The molecule has 1 N–H and O–H groups in total. The Morgan fingerprint density at radius 2 is 1.89 bits per heavy atom. The molecule has 0 amide bonds. The van der Waals surface area contributed by atoms with Gasteiger partial charge < -0.3 is 10.0 Å². The maximum absolute atomic E-state index is 9.09. The minimum absolute atomic E-state index is 0.139.